The number of ether oxygens (including phenoxy) is 1. The summed E-state index contributed by atoms with van der Waals surface area (Å²) in [5.41, 5.74) is 4.27. The van der Waals surface area contributed by atoms with Gasteiger partial charge >= 0.3 is 0 Å². The maximum Gasteiger partial charge on any atom is 0.257 e. The van der Waals surface area contributed by atoms with Gasteiger partial charge in [-0.2, -0.15) is 0 Å². The lowest BCUT2D eigenvalue weighted by Gasteiger charge is -2.08. The molecule has 28 heavy (non-hydrogen) atoms. The van der Waals surface area contributed by atoms with Gasteiger partial charge in [-0.1, -0.05) is 28.6 Å². The molecule has 0 aliphatic heterocycles. The molecule has 1 amide bonds. The lowest BCUT2D eigenvalue weighted by molar-refractivity contribution is 0.102. The Morgan fingerprint density at radius 2 is 2.04 bits per heavy atom. The molecule has 7 heteroatoms. The van der Waals surface area contributed by atoms with Crippen molar-refractivity contribution in [2.75, 3.05) is 5.32 Å². The molecule has 0 saturated heterocycles. The number of nitrogens with one attached hydrogen (secondary N) is 1. The van der Waals surface area contributed by atoms with Crippen molar-refractivity contribution in [3.05, 3.63) is 70.6 Å². The van der Waals surface area contributed by atoms with Crippen LogP contribution in [0.5, 0.6) is 5.75 Å². The zero-order valence-corrected chi connectivity index (χ0v) is 16.6. The van der Waals surface area contributed by atoms with Gasteiger partial charge in [0.25, 0.3) is 5.91 Å². The Bertz CT molecular complexity index is 1140. The van der Waals surface area contributed by atoms with E-state index in [0.717, 1.165) is 32.8 Å². The van der Waals surface area contributed by atoms with Crippen LogP contribution in [0.3, 0.4) is 0 Å². The van der Waals surface area contributed by atoms with Crippen molar-refractivity contribution >= 4 is 32.6 Å². The molecule has 0 fully saturated rings. The van der Waals surface area contributed by atoms with Crippen molar-refractivity contribution in [3.63, 3.8) is 0 Å². The van der Waals surface area contributed by atoms with Crippen molar-refractivity contribution in [1.29, 1.82) is 0 Å². The Morgan fingerprint density at radius 3 is 2.82 bits per heavy atom. The fourth-order valence-electron chi connectivity index (χ4n) is 2.85. The molecule has 142 valence electrons. The molecule has 4 aromatic rings. The fourth-order valence-corrected chi connectivity index (χ4v) is 3.80. The van der Waals surface area contributed by atoms with Crippen LogP contribution in [-0.2, 0) is 6.61 Å². The van der Waals surface area contributed by atoms with Crippen molar-refractivity contribution in [2.45, 2.75) is 27.4 Å². The summed E-state index contributed by atoms with van der Waals surface area (Å²) in [6, 6.07) is 13.1. The van der Waals surface area contributed by atoms with Crippen LogP contribution in [0.2, 0.25) is 0 Å². The van der Waals surface area contributed by atoms with Gasteiger partial charge in [-0.05, 0) is 56.7 Å². The van der Waals surface area contributed by atoms with Crippen LogP contribution in [-0.4, -0.2) is 16.0 Å². The quantitative estimate of drug-likeness (QED) is 0.514. The molecule has 0 spiro atoms. The van der Waals surface area contributed by atoms with Crippen molar-refractivity contribution in [2.24, 2.45) is 0 Å². The third-order valence-electron chi connectivity index (χ3n) is 4.43. The van der Waals surface area contributed by atoms with Gasteiger partial charge < -0.3 is 9.26 Å². The molecule has 4 rings (SSSR count). The highest BCUT2D eigenvalue weighted by molar-refractivity contribution is 7.22. The molecule has 0 bridgehead atoms. The predicted molar refractivity (Wildman–Crippen MR) is 109 cm³/mol. The molecular formula is C21H19N3O3S. The van der Waals surface area contributed by atoms with Gasteiger partial charge in [0.15, 0.2) is 5.13 Å². The highest BCUT2D eigenvalue weighted by Crippen LogP contribution is 2.27. The molecule has 0 aliphatic rings. The number of hydrogen-bond donors (Lipinski definition) is 1. The Kier molecular flexibility index (Phi) is 4.83. The minimum absolute atomic E-state index is 0.224. The van der Waals surface area contributed by atoms with E-state index in [9.17, 15) is 4.79 Å². The van der Waals surface area contributed by atoms with E-state index in [1.165, 1.54) is 11.3 Å². The number of hydrogen-bond acceptors (Lipinski definition) is 6. The molecule has 2 aromatic carbocycles. The predicted octanol–water partition coefficient (Wildman–Crippen LogP) is 5.04. The van der Waals surface area contributed by atoms with E-state index >= 15 is 0 Å². The van der Waals surface area contributed by atoms with Gasteiger partial charge in [-0.3, -0.25) is 10.1 Å². The van der Waals surface area contributed by atoms with Crippen molar-refractivity contribution in [1.82, 2.24) is 10.1 Å². The van der Waals surface area contributed by atoms with E-state index in [1.54, 1.807) is 18.2 Å². The van der Waals surface area contributed by atoms with Gasteiger partial charge in [0.05, 0.1) is 21.5 Å². The highest BCUT2D eigenvalue weighted by atomic mass is 32.1. The Morgan fingerprint density at radius 1 is 1.18 bits per heavy atom. The molecule has 0 unspecified atom stereocenters. The molecular weight excluding hydrogens is 374 g/mol. The number of benzene rings is 2. The Hall–Kier alpha value is -3.19. The zero-order valence-electron chi connectivity index (χ0n) is 15.8. The Labute approximate surface area is 166 Å². The van der Waals surface area contributed by atoms with E-state index < -0.39 is 0 Å². The summed E-state index contributed by atoms with van der Waals surface area (Å²) in [4.78, 5) is 17.1. The van der Waals surface area contributed by atoms with Crippen molar-refractivity contribution < 1.29 is 14.1 Å². The number of aromatic nitrogens is 2. The minimum Gasteiger partial charge on any atom is -0.489 e. The summed E-state index contributed by atoms with van der Waals surface area (Å²) >= 11 is 1.46. The Balaban J connectivity index is 1.47. The number of anilines is 1. The van der Waals surface area contributed by atoms with Crippen LogP contribution >= 0.6 is 11.3 Å². The maximum atomic E-state index is 12.6. The number of aryl methyl sites for hydroxylation is 3. The van der Waals surface area contributed by atoms with Crippen molar-refractivity contribution in [3.8, 4) is 5.75 Å². The number of rotatable bonds is 5. The van der Waals surface area contributed by atoms with E-state index in [1.807, 2.05) is 39.0 Å². The first-order valence-corrected chi connectivity index (χ1v) is 9.64. The van der Waals surface area contributed by atoms with Gasteiger partial charge in [-0.15, -0.1) is 0 Å². The highest BCUT2D eigenvalue weighted by Gasteiger charge is 2.13. The summed E-state index contributed by atoms with van der Waals surface area (Å²) in [7, 11) is 0. The van der Waals surface area contributed by atoms with E-state index in [2.05, 4.69) is 21.5 Å². The third-order valence-corrected chi connectivity index (χ3v) is 5.36. The minimum atomic E-state index is -0.224. The fraction of sp³-hybridized carbons (Fsp3) is 0.190. The first kappa shape index (κ1) is 18.2. The lowest BCUT2D eigenvalue weighted by Crippen LogP contribution is -2.11. The van der Waals surface area contributed by atoms with Crippen LogP contribution in [0, 0.1) is 20.8 Å². The first-order valence-electron chi connectivity index (χ1n) is 8.83. The number of carbonyl (C=O) groups excluding carboxylic acids is 1. The molecule has 6 nitrogen and oxygen atoms in total. The molecule has 0 atom stereocenters. The maximum absolute atomic E-state index is 12.6. The SMILES string of the molecule is Cc1ccc2nc(NC(=O)c3cccc(OCc4c(C)noc4C)c3)sc2c1. The molecule has 0 saturated carbocycles. The first-order chi connectivity index (χ1) is 13.5. The molecule has 1 N–H and O–H groups in total. The van der Waals surface area contributed by atoms with Gasteiger partial charge in [0, 0.05) is 5.56 Å². The second kappa shape index (κ2) is 7.44. The standard InChI is InChI=1S/C21H19N3O3S/c1-12-7-8-18-19(9-12)28-21(22-18)23-20(25)15-5-4-6-16(10-15)26-11-17-13(2)24-27-14(17)3/h4-10H,11H2,1-3H3,(H,22,23,25). The molecule has 0 radical (unpaired) electrons. The van der Waals surface area contributed by atoms with Crippen LogP contribution in [0.25, 0.3) is 10.2 Å². The molecule has 2 aromatic heterocycles. The zero-order chi connectivity index (χ0) is 19.7. The summed E-state index contributed by atoms with van der Waals surface area (Å²) < 4.78 is 12.0. The number of amides is 1. The second-order valence-electron chi connectivity index (χ2n) is 6.56. The average molecular weight is 393 g/mol. The third kappa shape index (κ3) is 3.75. The van der Waals surface area contributed by atoms with Gasteiger partial charge in [0.2, 0.25) is 0 Å². The topological polar surface area (TPSA) is 77.2 Å². The number of carbonyl (C=O) groups is 1. The monoisotopic (exact) mass is 393 g/mol. The normalized spacial score (nSPS) is 11.0. The number of nitrogens with zero attached hydrogens (tertiary/aromatic N) is 2. The molecule has 0 aliphatic carbocycles. The summed E-state index contributed by atoms with van der Waals surface area (Å²) in [6.07, 6.45) is 0. The number of thiazole rings is 1. The van der Waals surface area contributed by atoms with E-state index in [4.69, 9.17) is 9.26 Å². The summed E-state index contributed by atoms with van der Waals surface area (Å²) in [5, 5.41) is 7.37. The van der Waals surface area contributed by atoms with E-state index in [0.29, 0.717) is 23.1 Å². The summed E-state index contributed by atoms with van der Waals surface area (Å²) in [5.74, 6) is 1.11. The molecule has 2 heterocycles. The average Bonchev–Trinajstić information content (AvgIpc) is 3.22. The second-order valence-corrected chi connectivity index (χ2v) is 7.59. The van der Waals surface area contributed by atoms with Crippen LogP contribution < -0.4 is 10.1 Å². The van der Waals surface area contributed by atoms with Gasteiger partial charge in [0.1, 0.15) is 18.1 Å². The number of fused-ring (bicyclic) bond motifs is 1. The van der Waals surface area contributed by atoms with E-state index in [-0.39, 0.29) is 5.91 Å². The largest absolute Gasteiger partial charge is 0.489 e. The van der Waals surface area contributed by atoms with Gasteiger partial charge in [-0.25, -0.2) is 4.98 Å². The van der Waals surface area contributed by atoms with Crippen LogP contribution in [0.4, 0.5) is 5.13 Å². The lowest BCUT2D eigenvalue weighted by atomic mass is 10.2. The summed E-state index contributed by atoms with van der Waals surface area (Å²) in [6.45, 7) is 6.09. The van der Waals surface area contributed by atoms with Crippen LogP contribution in [0.1, 0.15) is 32.9 Å². The van der Waals surface area contributed by atoms with Crippen LogP contribution in [0.15, 0.2) is 47.0 Å². The smallest absolute Gasteiger partial charge is 0.257 e.